The monoisotopic (exact) mass is 259 g/mol. The first-order valence-electron chi connectivity index (χ1n) is 6.52. The van der Waals surface area contributed by atoms with Gasteiger partial charge in [-0.2, -0.15) is 0 Å². The highest BCUT2D eigenvalue weighted by molar-refractivity contribution is 5.86. The van der Waals surface area contributed by atoms with Crippen molar-refractivity contribution in [2.45, 2.75) is 34.1 Å². The predicted molar refractivity (Wildman–Crippen MR) is 77.5 cm³/mol. The molecule has 0 saturated carbocycles. The lowest BCUT2D eigenvalue weighted by atomic mass is 9.86. The van der Waals surface area contributed by atoms with Gasteiger partial charge in [-0.15, -0.1) is 0 Å². The van der Waals surface area contributed by atoms with Crippen LogP contribution in [-0.2, 0) is 18.3 Å². The van der Waals surface area contributed by atoms with Crippen LogP contribution in [0.3, 0.4) is 0 Å². The summed E-state index contributed by atoms with van der Waals surface area (Å²) in [5, 5.41) is 10.5. The normalized spacial score (nSPS) is 12.1. The SMILES string of the molecule is Cc1c(C)n(C)c2cc(CC(C)(C)C(=O)O)ccc12. The average molecular weight is 259 g/mol. The van der Waals surface area contributed by atoms with Gasteiger partial charge in [-0.3, -0.25) is 4.79 Å². The van der Waals surface area contributed by atoms with Gasteiger partial charge in [0, 0.05) is 23.6 Å². The fraction of sp³-hybridized carbons (Fsp3) is 0.438. The number of nitrogens with zero attached hydrogens (tertiary/aromatic N) is 1. The Morgan fingerprint density at radius 2 is 1.95 bits per heavy atom. The van der Waals surface area contributed by atoms with E-state index in [0.717, 1.165) is 5.56 Å². The van der Waals surface area contributed by atoms with Crippen molar-refractivity contribution >= 4 is 16.9 Å². The van der Waals surface area contributed by atoms with Gasteiger partial charge >= 0.3 is 5.97 Å². The number of hydrogen-bond donors (Lipinski definition) is 1. The molecule has 0 aliphatic carbocycles. The molecule has 3 heteroatoms. The van der Waals surface area contributed by atoms with Crippen molar-refractivity contribution in [2.75, 3.05) is 0 Å². The van der Waals surface area contributed by atoms with E-state index in [2.05, 4.69) is 37.6 Å². The molecular weight excluding hydrogens is 238 g/mol. The molecule has 1 heterocycles. The molecule has 19 heavy (non-hydrogen) atoms. The molecule has 2 rings (SSSR count). The lowest BCUT2D eigenvalue weighted by Gasteiger charge is -2.19. The van der Waals surface area contributed by atoms with Crippen molar-refractivity contribution in [2.24, 2.45) is 12.5 Å². The second-order valence-corrected chi connectivity index (χ2v) is 5.99. The van der Waals surface area contributed by atoms with E-state index in [1.807, 2.05) is 6.07 Å². The molecule has 0 aliphatic heterocycles. The molecule has 1 aromatic carbocycles. The van der Waals surface area contributed by atoms with Crippen LogP contribution in [0.4, 0.5) is 0 Å². The van der Waals surface area contributed by atoms with Crippen LogP contribution in [0.5, 0.6) is 0 Å². The number of carbonyl (C=O) groups is 1. The van der Waals surface area contributed by atoms with E-state index in [1.165, 1.54) is 22.2 Å². The molecule has 0 spiro atoms. The highest BCUT2D eigenvalue weighted by Gasteiger charge is 2.27. The van der Waals surface area contributed by atoms with E-state index >= 15 is 0 Å². The summed E-state index contributed by atoms with van der Waals surface area (Å²) in [5.41, 5.74) is 4.06. The van der Waals surface area contributed by atoms with E-state index in [4.69, 9.17) is 0 Å². The number of carboxylic acid groups (broad SMARTS) is 1. The maximum atomic E-state index is 11.2. The Bertz CT molecular complexity index is 650. The molecule has 0 saturated heterocycles. The molecule has 2 aromatic rings. The average Bonchev–Trinajstić information content (AvgIpc) is 2.54. The summed E-state index contributed by atoms with van der Waals surface area (Å²) >= 11 is 0. The first-order valence-corrected chi connectivity index (χ1v) is 6.52. The first kappa shape index (κ1) is 13.7. The summed E-state index contributed by atoms with van der Waals surface area (Å²) in [6, 6.07) is 6.25. The number of benzene rings is 1. The Balaban J connectivity index is 2.48. The Morgan fingerprint density at radius 1 is 1.32 bits per heavy atom. The number of fused-ring (bicyclic) bond motifs is 1. The van der Waals surface area contributed by atoms with Gasteiger partial charge in [0.2, 0.25) is 0 Å². The third kappa shape index (κ3) is 2.25. The van der Waals surface area contributed by atoms with Crippen LogP contribution < -0.4 is 0 Å². The number of carboxylic acids is 1. The molecule has 0 atom stereocenters. The molecule has 0 aliphatic rings. The third-order valence-electron chi connectivity index (χ3n) is 4.10. The summed E-state index contributed by atoms with van der Waals surface area (Å²) in [6.45, 7) is 7.76. The van der Waals surface area contributed by atoms with E-state index in [0.29, 0.717) is 6.42 Å². The molecule has 0 bridgehead atoms. The van der Waals surface area contributed by atoms with Gasteiger partial charge in [0.15, 0.2) is 0 Å². The summed E-state index contributed by atoms with van der Waals surface area (Å²) in [5.74, 6) is -0.758. The second kappa shape index (κ2) is 4.41. The van der Waals surface area contributed by atoms with Crippen LogP contribution in [0.1, 0.15) is 30.7 Å². The quantitative estimate of drug-likeness (QED) is 0.917. The maximum absolute atomic E-state index is 11.2. The molecule has 0 unspecified atom stereocenters. The first-order chi connectivity index (χ1) is 8.74. The van der Waals surface area contributed by atoms with Gasteiger partial charge in [0.25, 0.3) is 0 Å². The number of aryl methyl sites for hydroxylation is 2. The van der Waals surface area contributed by atoms with Crippen LogP contribution in [0.15, 0.2) is 18.2 Å². The van der Waals surface area contributed by atoms with Crippen LogP contribution in [0, 0.1) is 19.3 Å². The largest absolute Gasteiger partial charge is 0.481 e. The lowest BCUT2D eigenvalue weighted by Crippen LogP contribution is -2.26. The lowest BCUT2D eigenvalue weighted by molar-refractivity contribution is -0.146. The standard InChI is InChI=1S/C16H21NO2/c1-10-11(2)17(5)14-8-12(6-7-13(10)14)9-16(3,4)15(18)19/h6-8H,9H2,1-5H3,(H,18,19). The van der Waals surface area contributed by atoms with Crippen LogP contribution in [0.25, 0.3) is 10.9 Å². The van der Waals surface area contributed by atoms with Crippen molar-refractivity contribution in [3.05, 3.63) is 35.0 Å². The van der Waals surface area contributed by atoms with Crippen LogP contribution in [0.2, 0.25) is 0 Å². The maximum Gasteiger partial charge on any atom is 0.309 e. The molecule has 0 amide bonds. The predicted octanol–water partition coefficient (Wildman–Crippen LogP) is 3.45. The molecular formula is C16H21NO2. The third-order valence-corrected chi connectivity index (χ3v) is 4.10. The summed E-state index contributed by atoms with van der Waals surface area (Å²) in [6.07, 6.45) is 0.543. The number of hydrogen-bond acceptors (Lipinski definition) is 1. The van der Waals surface area contributed by atoms with Crippen molar-refractivity contribution in [3.63, 3.8) is 0 Å². The van der Waals surface area contributed by atoms with Crippen molar-refractivity contribution < 1.29 is 9.90 Å². The zero-order valence-electron chi connectivity index (χ0n) is 12.2. The van der Waals surface area contributed by atoms with Crippen LogP contribution in [-0.4, -0.2) is 15.6 Å². The van der Waals surface area contributed by atoms with Gasteiger partial charge in [-0.05, 0) is 51.3 Å². The molecule has 3 nitrogen and oxygen atoms in total. The molecule has 1 aromatic heterocycles. The molecule has 1 N–H and O–H groups in total. The number of rotatable bonds is 3. The van der Waals surface area contributed by atoms with E-state index < -0.39 is 11.4 Å². The van der Waals surface area contributed by atoms with Gasteiger partial charge in [0.1, 0.15) is 0 Å². The Labute approximate surface area is 113 Å². The zero-order valence-corrected chi connectivity index (χ0v) is 12.2. The highest BCUT2D eigenvalue weighted by Crippen LogP contribution is 2.28. The minimum Gasteiger partial charge on any atom is -0.481 e. The Kier molecular flexibility index (Phi) is 3.17. The van der Waals surface area contributed by atoms with E-state index in [-0.39, 0.29) is 0 Å². The fourth-order valence-corrected chi connectivity index (χ4v) is 2.49. The van der Waals surface area contributed by atoms with Gasteiger partial charge in [-0.1, -0.05) is 12.1 Å². The van der Waals surface area contributed by atoms with Gasteiger partial charge in [0.05, 0.1) is 5.41 Å². The zero-order chi connectivity index (χ0) is 14.4. The molecule has 0 radical (unpaired) electrons. The Hall–Kier alpha value is -1.77. The van der Waals surface area contributed by atoms with Crippen LogP contribution >= 0.6 is 0 Å². The van der Waals surface area contributed by atoms with Gasteiger partial charge < -0.3 is 9.67 Å². The number of aliphatic carboxylic acids is 1. The topological polar surface area (TPSA) is 42.2 Å². The van der Waals surface area contributed by atoms with Crippen molar-refractivity contribution in [1.29, 1.82) is 0 Å². The van der Waals surface area contributed by atoms with E-state index in [9.17, 15) is 9.90 Å². The minimum atomic E-state index is -0.758. The molecule has 102 valence electrons. The molecule has 0 fully saturated rings. The van der Waals surface area contributed by atoms with E-state index in [1.54, 1.807) is 13.8 Å². The number of aromatic nitrogens is 1. The fourth-order valence-electron chi connectivity index (χ4n) is 2.49. The van der Waals surface area contributed by atoms with Crippen molar-refractivity contribution in [3.8, 4) is 0 Å². The summed E-state index contributed by atoms with van der Waals surface area (Å²) in [7, 11) is 2.05. The minimum absolute atomic E-state index is 0.543. The van der Waals surface area contributed by atoms with Crippen molar-refractivity contribution in [1.82, 2.24) is 4.57 Å². The Morgan fingerprint density at radius 3 is 2.53 bits per heavy atom. The second-order valence-electron chi connectivity index (χ2n) is 5.99. The summed E-state index contributed by atoms with van der Waals surface area (Å²) in [4.78, 5) is 11.2. The van der Waals surface area contributed by atoms with Gasteiger partial charge in [-0.25, -0.2) is 0 Å². The smallest absolute Gasteiger partial charge is 0.309 e. The summed E-state index contributed by atoms with van der Waals surface area (Å²) < 4.78 is 2.17. The highest BCUT2D eigenvalue weighted by atomic mass is 16.4.